The SMILES string of the molecule is C/C=C(C)\C(=C/c1cccc(N)c1)CN. The molecule has 0 aliphatic rings. The van der Waals surface area contributed by atoms with Gasteiger partial charge in [-0.05, 0) is 37.1 Å². The number of nitrogen functional groups attached to an aromatic ring is 1. The molecule has 4 N–H and O–H groups in total. The Morgan fingerprint density at radius 3 is 2.67 bits per heavy atom. The van der Waals surface area contributed by atoms with Crippen LogP contribution < -0.4 is 11.5 Å². The zero-order chi connectivity index (χ0) is 11.3. The maximum absolute atomic E-state index is 5.71. The smallest absolute Gasteiger partial charge is 0.0319 e. The Labute approximate surface area is 91.3 Å². The van der Waals surface area contributed by atoms with Crippen LogP contribution in [0, 0.1) is 0 Å². The minimum atomic E-state index is 0.547. The maximum atomic E-state index is 5.71. The molecule has 0 amide bonds. The molecule has 0 unspecified atom stereocenters. The highest BCUT2D eigenvalue weighted by Crippen LogP contribution is 2.15. The fourth-order valence-corrected chi connectivity index (χ4v) is 1.37. The van der Waals surface area contributed by atoms with Crippen LogP contribution in [0.3, 0.4) is 0 Å². The first-order chi connectivity index (χ1) is 7.17. The number of rotatable bonds is 3. The topological polar surface area (TPSA) is 52.0 Å². The molecule has 1 rings (SSSR count). The van der Waals surface area contributed by atoms with Crippen LogP contribution in [-0.2, 0) is 0 Å². The van der Waals surface area contributed by atoms with Crippen molar-refractivity contribution in [3.05, 3.63) is 47.1 Å². The number of hydrogen-bond donors (Lipinski definition) is 2. The summed E-state index contributed by atoms with van der Waals surface area (Å²) in [5.74, 6) is 0. The lowest BCUT2D eigenvalue weighted by Gasteiger charge is -2.05. The zero-order valence-corrected chi connectivity index (χ0v) is 9.33. The van der Waals surface area contributed by atoms with E-state index in [9.17, 15) is 0 Å². The third-order valence-electron chi connectivity index (χ3n) is 2.41. The van der Waals surface area contributed by atoms with Gasteiger partial charge in [0.2, 0.25) is 0 Å². The van der Waals surface area contributed by atoms with E-state index in [2.05, 4.69) is 19.1 Å². The lowest BCUT2D eigenvalue weighted by molar-refractivity contribution is 1.15. The molecule has 0 aromatic heterocycles. The summed E-state index contributed by atoms with van der Waals surface area (Å²) in [6.45, 7) is 4.62. The van der Waals surface area contributed by atoms with Crippen molar-refractivity contribution in [2.45, 2.75) is 13.8 Å². The fraction of sp³-hybridized carbons (Fsp3) is 0.231. The van der Waals surface area contributed by atoms with Gasteiger partial charge in [-0.15, -0.1) is 0 Å². The van der Waals surface area contributed by atoms with Gasteiger partial charge in [0.1, 0.15) is 0 Å². The highest BCUT2D eigenvalue weighted by Gasteiger charge is 1.97. The third kappa shape index (κ3) is 3.26. The van der Waals surface area contributed by atoms with E-state index in [0.29, 0.717) is 6.54 Å². The number of hydrogen-bond acceptors (Lipinski definition) is 2. The first kappa shape index (κ1) is 11.5. The number of allylic oxidation sites excluding steroid dienone is 1. The van der Waals surface area contributed by atoms with Gasteiger partial charge in [-0.25, -0.2) is 0 Å². The minimum Gasteiger partial charge on any atom is -0.399 e. The first-order valence-corrected chi connectivity index (χ1v) is 5.07. The molecule has 15 heavy (non-hydrogen) atoms. The van der Waals surface area contributed by atoms with E-state index >= 15 is 0 Å². The Balaban J connectivity index is 3.03. The molecule has 0 atom stereocenters. The molecule has 1 aromatic carbocycles. The van der Waals surface area contributed by atoms with E-state index in [1.54, 1.807) is 0 Å². The van der Waals surface area contributed by atoms with Gasteiger partial charge in [-0.2, -0.15) is 0 Å². The van der Waals surface area contributed by atoms with Gasteiger partial charge in [-0.3, -0.25) is 0 Å². The van der Waals surface area contributed by atoms with Gasteiger partial charge in [0.05, 0.1) is 0 Å². The number of anilines is 1. The third-order valence-corrected chi connectivity index (χ3v) is 2.41. The average Bonchev–Trinajstić information content (AvgIpc) is 2.25. The monoisotopic (exact) mass is 202 g/mol. The van der Waals surface area contributed by atoms with Crippen LogP contribution in [0.4, 0.5) is 5.69 Å². The van der Waals surface area contributed by atoms with E-state index in [4.69, 9.17) is 11.5 Å². The molecule has 0 spiro atoms. The van der Waals surface area contributed by atoms with Crippen LogP contribution in [0.2, 0.25) is 0 Å². The summed E-state index contributed by atoms with van der Waals surface area (Å²) >= 11 is 0. The van der Waals surface area contributed by atoms with Gasteiger partial charge in [0, 0.05) is 12.2 Å². The van der Waals surface area contributed by atoms with Crippen molar-refractivity contribution in [3.63, 3.8) is 0 Å². The molecule has 0 aliphatic heterocycles. The summed E-state index contributed by atoms with van der Waals surface area (Å²) in [6.07, 6.45) is 4.14. The van der Waals surface area contributed by atoms with Crippen molar-refractivity contribution in [1.29, 1.82) is 0 Å². The molecule has 2 heteroatoms. The van der Waals surface area contributed by atoms with Gasteiger partial charge >= 0.3 is 0 Å². The quantitative estimate of drug-likeness (QED) is 0.584. The second-order valence-electron chi connectivity index (χ2n) is 3.52. The van der Waals surface area contributed by atoms with Crippen LogP contribution >= 0.6 is 0 Å². The lowest BCUT2D eigenvalue weighted by atomic mass is 10.0. The van der Waals surface area contributed by atoms with E-state index in [1.807, 2.05) is 31.2 Å². The Kier molecular flexibility index (Phi) is 4.13. The second-order valence-corrected chi connectivity index (χ2v) is 3.52. The highest BCUT2D eigenvalue weighted by molar-refractivity contribution is 5.61. The standard InChI is InChI=1S/C13H18N2/c1-3-10(2)12(9-14)7-11-5-4-6-13(15)8-11/h3-8H,9,14-15H2,1-2H3/b10-3-,12-7-. The van der Waals surface area contributed by atoms with Crippen LogP contribution in [0.5, 0.6) is 0 Å². The molecule has 2 nitrogen and oxygen atoms in total. The number of benzene rings is 1. The first-order valence-electron chi connectivity index (χ1n) is 5.07. The van der Waals surface area contributed by atoms with Crippen molar-refractivity contribution in [1.82, 2.24) is 0 Å². The molecular weight excluding hydrogens is 184 g/mol. The summed E-state index contributed by atoms with van der Waals surface area (Å²) in [7, 11) is 0. The van der Waals surface area contributed by atoms with Crippen molar-refractivity contribution >= 4 is 11.8 Å². The lowest BCUT2D eigenvalue weighted by Crippen LogP contribution is -2.04. The van der Waals surface area contributed by atoms with E-state index in [-0.39, 0.29) is 0 Å². The molecule has 0 aliphatic carbocycles. The van der Waals surface area contributed by atoms with E-state index in [1.165, 1.54) is 5.57 Å². The molecular formula is C13H18N2. The van der Waals surface area contributed by atoms with Gasteiger partial charge in [0.15, 0.2) is 0 Å². The van der Waals surface area contributed by atoms with Crippen molar-refractivity contribution in [2.24, 2.45) is 5.73 Å². The number of nitrogens with two attached hydrogens (primary N) is 2. The van der Waals surface area contributed by atoms with Crippen LogP contribution in [-0.4, -0.2) is 6.54 Å². The minimum absolute atomic E-state index is 0.547. The van der Waals surface area contributed by atoms with E-state index in [0.717, 1.165) is 16.8 Å². The predicted molar refractivity (Wildman–Crippen MR) is 67.3 cm³/mol. The summed E-state index contributed by atoms with van der Waals surface area (Å²) in [5.41, 5.74) is 15.6. The van der Waals surface area contributed by atoms with Crippen LogP contribution in [0.25, 0.3) is 6.08 Å². The molecule has 0 radical (unpaired) electrons. The Morgan fingerprint density at radius 1 is 1.40 bits per heavy atom. The van der Waals surface area contributed by atoms with Crippen LogP contribution in [0.15, 0.2) is 41.5 Å². The highest BCUT2D eigenvalue weighted by atomic mass is 14.5. The molecule has 1 aromatic rings. The summed E-state index contributed by atoms with van der Waals surface area (Å²) in [6, 6.07) is 7.79. The second kappa shape index (κ2) is 5.37. The summed E-state index contributed by atoms with van der Waals surface area (Å²) in [5, 5.41) is 0. The average molecular weight is 202 g/mol. The largest absolute Gasteiger partial charge is 0.399 e. The fourth-order valence-electron chi connectivity index (χ4n) is 1.37. The van der Waals surface area contributed by atoms with Gasteiger partial charge < -0.3 is 11.5 Å². The molecule has 80 valence electrons. The predicted octanol–water partition coefficient (Wildman–Crippen LogP) is 2.58. The van der Waals surface area contributed by atoms with Crippen LogP contribution in [0.1, 0.15) is 19.4 Å². The van der Waals surface area contributed by atoms with E-state index < -0.39 is 0 Å². The molecule has 0 saturated carbocycles. The Morgan fingerprint density at radius 2 is 2.13 bits per heavy atom. The summed E-state index contributed by atoms with van der Waals surface area (Å²) < 4.78 is 0. The maximum Gasteiger partial charge on any atom is 0.0319 e. The molecule has 0 heterocycles. The Hall–Kier alpha value is -1.54. The summed E-state index contributed by atoms with van der Waals surface area (Å²) in [4.78, 5) is 0. The molecule has 0 fully saturated rings. The van der Waals surface area contributed by atoms with Gasteiger partial charge in [0.25, 0.3) is 0 Å². The molecule has 0 bridgehead atoms. The van der Waals surface area contributed by atoms with Crippen molar-refractivity contribution < 1.29 is 0 Å². The normalized spacial score (nSPS) is 13.0. The zero-order valence-electron chi connectivity index (χ0n) is 9.33. The van der Waals surface area contributed by atoms with Crippen molar-refractivity contribution in [2.75, 3.05) is 12.3 Å². The van der Waals surface area contributed by atoms with Crippen molar-refractivity contribution in [3.8, 4) is 0 Å². The molecule has 0 saturated heterocycles. The van der Waals surface area contributed by atoms with Gasteiger partial charge in [-0.1, -0.05) is 29.9 Å². The Bertz CT molecular complexity index is 389.